The Morgan fingerprint density at radius 3 is 2.00 bits per heavy atom. The van der Waals surface area contributed by atoms with Crippen LogP contribution in [0.15, 0.2) is 49.1 Å². The van der Waals surface area contributed by atoms with Gasteiger partial charge in [0, 0.05) is 6.08 Å². The minimum atomic E-state index is -6.43. The summed E-state index contributed by atoms with van der Waals surface area (Å²) in [7, 11) is -5.89. The molecule has 1 N–H and O–H groups in total. The summed E-state index contributed by atoms with van der Waals surface area (Å²) < 4.78 is 119. The van der Waals surface area contributed by atoms with Crippen molar-refractivity contribution in [3.63, 3.8) is 0 Å². The zero-order chi connectivity index (χ0) is 24.5. The van der Waals surface area contributed by atoms with E-state index >= 15 is 0 Å². The summed E-state index contributed by atoms with van der Waals surface area (Å²) in [5.41, 5.74) is -6.29. The number of alkyl halides is 6. The average Bonchev–Trinajstić information content (AvgIpc) is 2.63. The van der Waals surface area contributed by atoms with Gasteiger partial charge in [0.15, 0.2) is 0 Å². The Morgan fingerprint density at radius 1 is 0.969 bits per heavy atom. The molecule has 0 aliphatic rings. The van der Waals surface area contributed by atoms with E-state index in [4.69, 9.17) is 9.29 Å². The number of ether oxygens (including phenoxy) is 2. The molecule has 0 atom stereocenters. The molecule has 32 heavy (non-hydrogen) atoms. The molecule has 2 aromatic rings. The van der Waals surface area contributed by atoms with Crippen molar-refractivity contribution in [3.05, 3.63) is 54.6 Å². The standard InChI is InChI=1S/C18H12F6O7S/c1-2-14(25)30-13-6-5-10-7-12(4-3-11(10)8-13)15(26)31-16(17(19,20)21,18(22,23)24)9-32(27,28)29/h2-8H,1,9H2,(H,27,28,29). The van der Waals surface area contributed by atoms with E-state index in [1.54, 1.807) is 0 Å². The maximum absolute atomic E-state index is 13.3. The lowest BCUT2D eigenvalue weighted by atomic mass is 10.0. The molecular weight excluding hydrogens is 474 g/mol. The summed E-state index contributed by atoms with van der Waals surface area (Å²) in [6.07, 6.45) is -12.0. The lowest BCUT2D eigenvalue weighted by Crippen LogP contribution is -2.63. The Hall–Kier alpha value is -3.13. The zero-order valence-corrected chi connectivity index (χ0v) is 16.3. The number of benzene rings is 2. The first-order valence-electron chi connectivity index (χ1n) is 8.19. The lowest BCUT2D eigenvalue weighted by molar-refractivity contribution is -0.356. The molecule has 0 fully saturated rings. The summed E-state index contributed by atoms with van der Waals surface area (Å²) in [6, 6.07) is 6.57. The van der Waals surface area contributed by atoms with Gasteiger partial charge < -0.3 is 9.47 Å². The zero-order valence-electron chi connectivity index (χ0n) is 15.5. The van der Waals surface area contributed by atoms with Gasteiger partial charge in [-0.15, -0.1) is 0 Å². The molecule has 0 saturated heterocycles. The highest BCUT2D eigenvalue weighted by molar-refractivity contribution is 7.85. The minimum absolute atomic E-state index is 0.0408. The van der Waals surface area contributed by atoms with Crippen molar-refractivity contribution in [2.24, 2.45) is 0 Å². The summed E-state index contributed by atoms with van der Waals surface area (Å²) in [6.45, 7) is 3.20. The number of halogens is 6. The normalized spacial score (nSPS) is 13.0. The van der Waals surface area contributed by atoms with E-state index in [-0.39, 0.29) is 16.5 Å². The van der Waals surface area contributed by atoms with Crippen molar-refractivity contribution in [1.29, 1.82) is 0 Å². The van der Waals surface area contributed by atoms with Crippen LogP contribution in [-0.2, 0) is 19.6 Å². The molecule has 0 heterocycles. The van der Waals surface area contributed by atoms with Gasteiger partial charge in [-0.05, 0) is 35.0 Å². The van der Waals surface area contributed by atoms with Crippen LogP contribution in [0.1, 0.15) is 10.4 Å². The van der Waals surface area contributed by atoms with Gasteiger partial charge in [0.25, 0.3) is 10.1 Å². The third kappa shape index (κ3) is 5.37. The molecule has 2 aromatic carbocycles. The topological polar surface area (TPSA) is 107 Å². The highest BCUT2D eigenvalue weighted by atomic mass is 32.2. The number of carbonyl (C=O) groups excluding carboxylic acids is 2. The first-order chi connectivity index (χ1) is 14.5. The average molecular weight is 486 g/mol. The molecule has 174 valence electrons. The first kappa shape index (κ1) is 25.1. The number of esters is 2. The second kappa shape index (κ2) is 8.43. The van der Waals surface area contributed by atoms with Crippen molar-refractivity contribution in [3.8, 4) is 5.75 Å². The fraction of sp³-hybridized carbons (Fsp3) is 0.222. The van der Waals surface area contributed by atoms with Crippen molar-refractivity contribution in [2.45, 2.75) is 18.0 Å². The van der Waals surface area contributed by atoms with E-state index in [1.807, 2.05) is 0 Å². The van der Waals surface area contributed by atoms with Crippen molar-refractivity contribution in [1.82, 2.24) is 0 Å². The Kier molecular flexibility index (Phi) is 6.62. The Morgan fingerprint density at radius 2 is 1.50 bits per heavy atom. The Labute approximate surface area is 176 Å². The smallest absolute Gasteiger partial charge is 0.435 e. The van der Waals surface area contributed by atoms with Gasteiger partial charge in [0.1, 0.15) is 11.5 Å². The van der Waals surface area contributed by atoms with E-state index in [9.17, 15) is 44.3 Å². The fourth-order valence-electron chi connectivity index (χ4n) is 2.52. The highest BCUT2D eigenvalue weighted by Gasteiger charge is 2.76. The van der Waals surface area contributed by atoms with Crippen molar-refractivity contribution >= 4 is 32.8 Å². The van der Waals surface area contributed by atoms with Crippen LogP contribution in [0.3, 0.4) is 0 Å². The van der Waals surface area contributed by atoms with Crippen LogP contribution in [0.4, 0.5) is 26.3 Å². The van der Waals surface area contributed by atoms with E-state index in [1.165, 1.54) is 18.2 Å². The predicted octanol–water partition coefficient (Wildman–Crippen LogP) is 3.84. The quantitative estimate of drug-likeness (QED) is 0.217. The number of hydrogen-bond donors (Lipinski definition) is 1. The fourth-order valence-corrected chi connectivity index (χ4v) is 3.42. The van der Waals surface area contributed by atoms with E-state index < -0.39 is 51.3 Å². The predicted molar refractivity (Wildman–Crippen MR) is 96.5 cm³/mol. The Bertz CT molecular complexity index is 1150. The molecule has 0 spiro atoms. The van der Waals surface area contributed by atoms with Crippen LogP contribution in [-0.4, -0.2) is 48.6 Å². The first-order valence-corrected chi connectivity index (χ1v) is 9.80. The van der Waals surface area contributed by atoms with Crippen LogP contribution >= 0.6 is 0 Å². The van der Waals surface area contributed by atoms with E-state index in [0.717, 1.165) is 24.3 Å². The van der Waals surface area contributed by atoms with Gasteiger partial charge in [-0.2, -0.15) is 34.8 Å². The monoisotopic (exact) mass is 486 g/mol. The molecule has 0 bridgehead atoms. The van der Waals surface area contributed by atoms with Crippen LogP contribution in [0, 0.1) is 0 Å². The number of rotatable bonds is 6. The van der Waals surface area contributed by atoms with Crippen LogP contribution in [0.2, 0.25) is 0 Å². The third-order valence-corrected chi connectivity index (χ3v) is 4.77. The molecule has 0 aliphatic carbocycles. The number of carbonyl (C=O) groups is 2. The number of fused-ring (bicyclic) bond motifs is 1. The van der Waals surface area contributed by atoms with E-state index in [2.05, 4.69) is 11.3 Å². The van der Waals surface area contributed by atoms with Crippen LogP contribution in [0.5, 0.6) is 5.75 Å². The van der Waals surface area contributed by atoms with Gasteiger partial charge in [-0.1, -0.05) is 18.7 Å². The summed E-state index contributed by atoms with van der Waals surface area (Å²) in [5.74, 6) is -5.88. The highest BCUT2D eigenvalue weighted by Crippen LogP contribution is 2.47. The summed E-state index contributed by atoms with van der Waals surface area (Å²) >= 11 is 0. The maximum atomic E-state index is 13.3. The second-order valence-corrected chi connectivity index (χ2v) is 7.74. The molecule has 14 heteroatoms. The SMILES string of the molecule is C=CC(=O)Oc1ccc2cc(C(=O)OC(CS(=O)(=O)O)(C(F)(F)F)C(F)(F)F)ccc2c1. The molecule has 2 rings (SSSR count). The van der Waals surface area contributed by atoms with Gasteiger partial charge in [-0.3, -0.25) is 4.55 Å². The molecule has 0 amide bonds. The largest absolute Gasteiger partial charge is 0.438 e. The lowest BCUT2D eigenvalue weighted by Gasteiger charge is -2.35. The maximum Gasteiger partial charge on any atom is 0.438 e. The third-order valence-electron chi connectivity index (χ3n) is 4.00. The van der Waals surface area contributed by atoms with Crippen LogP contribution in [0.25, 0.3) is 10.8 Å². The number of hydrogen-bond acceptors (Lipinski definition) is 6. The summed E-state index contributed by atoms with van der Waals surface area (Å²) in [4.78, 5) is 23.4. The molecule has 0 aliphatic heterocycles. The van der Waals surface area contributed by atoms with Gasteiger partial charge in [-0.25, -0.2) is 9.59 Å². The van der Waals surface area contributed by atoms with Crippen molar-refractivity contribution in [2.75, 3.05) is 5.75 Å². The molecule has 0 aromatic heterocycles. The Balaban J connectivity index is 2.47. The van der Waals surface area contributed by atoms with Gasteiger partial charge in [0.05, 0.1) is 5.56 Å². The second-order valence-electron chi connectivity index (χ2n) is 6.29. The molecular formula is C18H12F6O7S. The minimum Gasteiger partial charge on any atom is -0.435 e. The van der Waals surface area contributed by atoms with E-state index in [0.29, 0.717) is 0 Å². The van der Waals surface area contributed by atoms with Crippen LogP contribution < -0.4 is 4.74 Å². The molecule has 0 radical (unpaired) electrons. The summed E-state index contributed by atoms with van der Waals surface area (Å²) in [5, 5.41) is 0.420. The van der Waals surface area contributed by atoms with Crippen molar-refractivity contribution < 1.29 is 58.4 Å². The molecule has 7 nitrogen and oxygen atoms in total. The molecule has 0 saturated carbocycles. The molecule has 0 unspecified atom stereocenters. The van der Waals surface area contributed by atoms with Gasteiger partial charge >= 0.3 is 29.9 Å². The van der Waals surface area contributed by atoms with Gasteiger partial charge in [0.2, 0.25) is 0 Å².